The topological polar surface area (TPSA) is 58.4 Å². The second kappa shape index (κ2) is 8.54. The number of rotatable bonds is 7. The molecule has 1 fully saturated rings. The highest BCUT2D eigenvalue weighted by Crippen LogP contribution is 2.23. The highest BCUT2D eigenvalue weighted by atomic mass is 16.2. The second-order valence-electron chi connectivity index (χ2n) is 5.93. The maximum Gasteiger partial charge on any atom is 0.237 e. The summed E-state index contributed by atoms with van der Waals surface area (Å²) in [5.41, 5.74) is 5.82. The number of hydrogen-bond acceptors (Lipinski definition) is 3. The van der Waals surface area contributed by atoms with Crippen molar-refractivity contribution in [1.29, 1.82) is 0 Å². The number of unbranched alkanes of at least 4 members (excludes halogenated alkanes) is 2. The lowest BCUT2D eigenvalue weighted by Gasteiger charge is -2.39. The molecular formula is C15H31N3O. The molecule has 0 saturated carbocycles. The Bertz CT molecular complexity index is 270. The van der Waals surface area contributed by atoms with Gasteiger partial charge in [0.25, 0.3) is 0 Å². The van der Waals surface area contributed by atoms with E-state index in [2.05, 4.69) is 24.1 Å². The van der Waals surface area contributed by atoms with Crippen LogP contribution >= 0.6 is 0 Å². The molecule has 19 heavy (non-hydrogen) atoms. The number of nitrogens with zero attached hydrogens (tertiary/aromatic N) is 1. The van der Waals surface area contributed by atoms with Gasteiger partial charge in [0.1, 0.15) is 0 Å². The molecule has 0 radical (unpaired) electrons. The molecule has 0 aromatic heterocycles. The molecule has 0 aliphatic carbocycles. The van der Waals surface area contributed by atoms with Gasteiger partial charge in [-0.1, -0.05) is 26.7 Å². The molecular weight excluding hydrogens is 238 g/mol. The lowest BCUT2D eigenvalue weighted by molar-refractivity contribution is -0.126. The molecule has 0 aromatic carbocycles. The molecule has 1 rings (SSSR count). The Hall–Kier alpha value is -0.610. The third-order valence-electron chi connectivity index (χ3n) is 4.45. The molecule has 1 saturated heterocycles. The molecule has 0 bridgehead atoms. The zero-order chi connectivity index (χ0) is 14.3. The predicted octanol–water partition coefficient (Wildman–Crippen LogP) is 1.60. The van der Waals surface area contributed by atoms with Crippen molar-refractivity contribution in [3.05, 3.63) is 0 Å². The summed E-state index contributed by atoms with van der Waals surface area (Å²) in [6.07, 6.45) is 4.60. The first-order valence-corrected chi connectivity index (χ1v) is 7.82. The van der Waals surface area contributed by atoms with Crippen LogP contribution in [0.25, 0.3) is 0 Å². The SMILES string of the molecule is CCCCCNC(=O)C(C)N1CCC(C)C(CN)C1. The molecule has 3 unspecified atom stereocenters. The van der Waals surface area contributed by atoms with E-state index in [9.17, 15) is 4.79 Å². The Morgan fingerprint density at radius 3 is 2.84 bits per heavy atom. The number of carbonyl (C=O) groups is 1. The van der Waals surface area contributed by atoms with Crippen molar-refractivity contribution in [3.63, 3.8) is 0 Å². The number of hydrogen-bond donors (Lipinski definition) is 2. The molecule has 3 atom stereocenters. The van der Waals surface area contributed by atoms with Gasteiger partial charge in [-0.3, -0.25) is 9.69 Å². The number of nitrogens with one attached hydrogen (secondary N) is 1. The first-order valence-electron chi connectivity index (χ1n) is 7.82. The summed E-state index contributed by atoms with van der Waals surface area (Å²) >= 11 is 0. The van der Waals surface area contributed by atoms with Gasteiger partial charge in [-0.25, -0.2) is 0 Å². The standard InChI is InChI=1S/C15H31N3O/c1-4-5-6-8-17-15(19)13(3)18-9-7-12(2)14(10-16)11-18/h12-14H,4-11,16H2,1-3H3,(H,17,19). The molecule has 1 amide bonds. The summed E-state index contributed by atoms with van der Waals surface area (Å²) in [6.45, 7) is 9.96. The van der Waals surface area contributed by atoms with E-state index in [0.29, 0.717) is 11.8 Å². The Kier molecular flexibility index (Phi) is 7.39. The van der Waals surface area contributed by atoms with E-state index in [1.54, 1.807) is 0 Å². The number of piperidine rings is 1. The minimum absolute atomic E-state index is 0.0248. The summed E-state index contributed by atoms with van der Waals surface area (Å²) in [5.74, 6) is 1.38. The molecule has 0 spiro atoms. The van der Waals surface area contributed by atoms with Crippen LogP contribution in [0.2, 0.25) is 0 Å². The fourth-order valence-electron chi connectivity index (χ4n) is 2.74. The van der Waals surface area contributed by atoms with Crippen LogP contribution in [0.3, 0.4) is 0 Å². The van der Waals surface area contributed by atoms with Crippen molar-refractivity contribution in [3.8, 4) is 0 Å². The van der Waals surface area contributed by atoms with Gasteiger partial charge in [-0.05, 0) is 44.7 Å². The minimum Gasteiger partial charge on any atom is -0.355 e. The molecule has 4 nitrogen and oxygen atoms in total. The number of likely N-dealkylation sites (tertiary alicyclic amines) is 1. The van der Waals surface area contributed by atoms with Crippen molar-refractivity contribution in [2.45, 2.75) is 52.5 Å². The third kappa shape index (κ3) is 5.11. The first kappa shape index (κ1) is 16.4. The molecule has 1 aliphatic heterocycles. The minimum atomic E-state index is -0.0248. The quantitative estimate of drug-likeness (QED) is 0.690. The molecule has 4 heteroatoms. The monoisotopic (exact) mass is 269 g/mol. The zero-order valence-corrected chi connectivity index (χ0v) is 12.8. The first-order chi connectivity index (χ1) is 9.10. The average molecular weight is 269 g/mol. The van der Waals surface area contributed by atoms with E-state index >= 15 is 0 Å². The van der Waals surface area contributed by atoms with E-state index in [1.807, 2.05) is 6.92 Å². The van der Waals surface area contributed by atoms with E-state index in [4.69, 9.17) is 5.73 Å². The van der Waals surface area contributed by atoms with Gasteiger partial charge in [-0.15, -0.1) is 0 Å². The maximum atomic E-state index is 12.1. The fraction of sp³-hybridized carbons (Fsp3) is 0.933. The summed E-state index contributed by atoms with van der Waals surface area (Å²) in [6, 6.07) is -0.0248. The van der Waals surface area contributed by atoms with E-state index < -0.39 is 0 Å². The van der Waals surface area contributed by atoms with Gasteiger partial charge in [-0.2, -0.15) is 0 Å². The van der Waals surface area contributed by atoms with Gasteiger partial charge in [0.15, 0.2) is 0 Å². The lowest BCUT2D eigenvalue weighted by Crippen LogP contribution is -2.51. The highest BCUT2D eigenvalue weighted by molar-refractivity contribution is 5.81. The van der Waals surface area contributed by atoms with Crippen LogP contribution in [0.5, 0.6) is 0 Å². The Morgan fingerprint density at radius 2 is 2.21 bits per heavy atom. The van der Waals surface area contributed by atoms with Crippen LogP contribution in [0.15, 0.2) is 0 Å². The maximum absolute atomic E-state index is 12.1. The molecule has 0 aromatic rings. The number of nitrogens with two attached hydrogens (primary N) is 1. The predicted molar refractivity (Wildman–Crippen MR) is 79.9 cm³/mol. The van der Waals surface area contributed by atoms with E-state index in [1.165, 1.54) is 12.8 Å². The van der Waals surface area contributed by atoms with Crippen molar-refractivity contribution >= 4 is 5.91 Å². The average Bonchev–Trinajstić information content (AvgIpc) is 2.43. The van der Waals surface area contributed by atoms with Crippen LogP contribution in [0, 0.1) is 11.8 Å². The number of amides is 1. The fourth-order valence-corrected chi connectivity index (χ4v) is 2.74. The molecule has 1 aliphatic rings. The second-order valence-corrected chi connectivity index (χ2v) is 5.93. The third-order valence-corrected chi connectivity index (χ3v) is 4.45. The summed E-state index contributed by atoms with van der Waals surface area (Å²) < 4.78 is 0. The smallest absolute Gasteiger partial charge is 0.237 e. The van der Waals surface area contributed by atoms with Crippen LogP contribution in [-0.4, -0.2) is 43.0 Å². The van der Waals surface area contributed by atoms with Crippen molar-refractivity contribution < 1.29 is 4.79 Å². The summed E-state index contributed by atoms with van der Waals surface area (Å²) in [4.78, 5) is 14.4. The highest BCUT2D eigenvalue weighted by Gasteiger charge is 2.30. The lowest BCUT2D eigenvalue weighted by atomic mass is 9.86. The Balaban J connectivity index is 2.35. The van der Waals surface area contributed by atoms with Gasteiger partial charge < -0.3 is 11.1 Å². The van der Waals surface area contributed by atoms with Crippen molar-refractivity contribution in [2.24, 2.45) is 17.6 Å². The van der Waals surface area contributed by atoms with Gasteiger partial charge in [0, 0.05) is 13.1 Å². The normalized spacial score (nSPS) is 26.1. The number of carbonyl (C=O) groups excluding carboxylic acids is 1. The van der Waals surface area contributed by atoms with Gasteiger partial charge in [0.2, 0.25) is 5.91 Å². The summed E-state index contributed by atoms with van der Waals surface area (Å²) in [5, 5.41) is 3.05. The van der Waals surface area contributed by atoms with Gasteiger partial charge in [0.05, 0.1) is 6.04 Å². The van der Waals surface area contributed by atoms with Crippen molar-refractivity contribution in [2.75, 3.05) is 26.2 Å². The Morgan fingerprint density at radius 1 is 1.47 bits per heavy atom. The van der Waals surface area contributed by atoms with Crippen LogP contribution in [-0.2, 0) is 4.79 Å². The molecule has 1 heterocycles. The van der Waals surface area contributed by atoms with E-state index in [-0.39, 0.29) is 11.9 Å². The largest absolute Gasteiger partial charge is 0.355 e. The van der Waals surface area contributed by atoms with Gasteiger partial charge >= 0.3 is 0 Å². The Labute approximate surface area is 118 Å². The van der Waals surface area contributed by atoms with Crippen molar-refractivity contribution in [1.82, 2.24) is 10.2 Å². The van der Waals surface area contributed by atoms with Crippen LogP contribution in [0.1, 0.15) is 46.5 Å². The zero-order valence-electron chi connectivity index (χ0n) is 12.8. The van der Waals surface area contributed by atoms with Crippen LogP contribution in [0.4, 0.5) is 0 Å². The summed E-state index contributed by atoms with van der Waals surface area (Å²) in [7, 11) is 0. The molecule has 3 N–H and O–H groups in total. The molecule has 112 valence electrons. The van der Waals surface area contributed by atoms with E-state index in [0.717, 1.165) is 39.0 Å². The van der Waals surface area contributed by atoms with Crippen LogP contribution < -0.4 is 11.1 Å².